The molecule has 228 valence electrons. The number of nitrogens with two attached hydrogens (primary N) is 2. The van der Waals surface area contributed by atoms with E-state index in [0.717, 1.165) is 30.0 Å². The van der Waals surface area contributed by atoms with Crippen molar-refractivity contribution in [1.82, 2.24) is 24.3 Å². The molecule has 0 radical (unpaired) electrons. The molecular weight excluding hydrogens is 553 g/mol. The first kappa shape index (κ1) is 30.0. The van der Waals surface area contributed by atoms with Crippen LogP contribution in [0, 0.1) is 5.92 Å². The van der Waals surface area contributed by atoms with Crippen LogP contribution < -0.4 is 22.5 Å². The van der Waals surface area contributed by atoms with Crippen LogP contribution >= 0.6 is 0 Å². The molecule has 1 aliphatic carbocycles. The van der Waals surface area contributed by atoms with Gasteiger partial charge in [-0.2, -0.15) is 18.2 Å². The van der Waals surface area contributed by atoms with Crippen LogP contribution in [0.15, 0.2) is 35.3 Å². The molecule has 4 heterocycles. The van der Waals surface area contributed by atoms with E-state index in [0.29, 0.717) is 32.1 Å². The Kier molecular flexibility index (Phi) is 7.83. The van der Waals surface area contributed by atoms with Gasteiger partial charge in [-0.15, -0.1) is 0 Å². The van der Waals surface area contributed by atoms with Crippen molar-refractivity contribution in [2.75, 3.05) is 51.1 Å². The number of aromatic nitrogens is 2. The smallest absolute Gasteiger partial charge is 0.338 e. The number of amides is 3. The summed E-state index contributed by atoms with van der Waals surface area (Å²) in [4.78, 5) is 46.9. The van der Waals surface area contributed by atoms with E-state index >= 15 is 0 Å². The standard InChI is InChI=1S/C28H37F3N8O3/c1-26(2,32)23(40)37-9-11-38(12-10-37)24(41)34-22-6-8-39(25(42)35-22)20-4-3-19(21(13-20)28(29,30)31)5-7-36-16-18-14-27(33,15-18)17-36/h3-4,6,8,13,18H,5,7,9-12,14-17,32-33H2,1-2H3,(H,34,35,41,42). The molecule has 14 heteroatoms. The summed E-state index contributed by atoms with van der Waals surface area (Å²) in [5, 5.41) is 2.55. The summed E-state index contributed by atoms with van der Waals surface area (Å²) < 4.78 is 43.1. The summed E-state index contributed by atoms with van der Waals surface area (Å²) >= 11 is 0. The third kappa shape index (κ3) is 6.45. The van der Waals surface area contributed by atoms with Crippen LogP contribution in [0.1, 0.15) is 37.8 Å². The number of hydrogen-bond acceptors (Lipinski definition) is 7. The summed E-state index contributed by atoms with van der Waals surface area (Å²) in [5.41, 5.74) is 9.49. The van der Waals surface area contributed by atoms with Gasteiger partial charge in [0.05, 0.1) is 16.8 Å². The Morgan fingerprint density at radius 2 is 1.76 bits per heavy atom. The zero-order valence-electron chi connectivity index (χ0n) is 23.8. The molecule has 1 aromatic carbocycles. The second-order valence-electron chi connectivity index (χ2n) is 12.4. The average Bonchev–Trinajstić information content (AvgIpc) is 2.90. The lowest BCUT2D eigenvalue weighted by Gasteiger charge is -2.54. The summed E-state index contributed by atoms with van der Waals surface area (Å²) in [6.07, 6.45) is -1.16. The van der Waals surface area contributed by atoms with E-state index in [1.807, 2.05) is 0 Å². The van der Waals surface area contributed by atoms with E-state index < -0.39 is 29.0 Å². The minimum atomic E-state index is -4.61. The van der Waals surface area contributed by atoms with Gasteiger partial charge in [-0.25, -0.2) is 9.59 Å². The first-order valence-electron chi connectivity index (χ1n) is 14.1. The predicted molar refractivity (Wildman–Crippen MR) is 150 cm³/mol. The van der Waals surface area contributed by atoms with Crippen LogP contribution in [0.25, 0.3) is 5.69 Å². The van der Waals surface area contributed by atoms with E-state index in [2.05, 4.69) is 15.2 Å². The van der Waals surface area contributed by atoms with Crippen LogP contribution in [-0.2, 0) is 17.4 Å². The Balaban J connectivity index is 1.23. The number of rotatable bonds is 6. The lowest BCUT2D eigenvalue weighted by atomic mass is 9.65. The summed E-state index contributed by atoms with van der Waals surface area (Å²) in [5.74, 6) is 0.273. The number of nitrogens with one attached hydrogen (secondary N) is 1. The monoisotopic (exact) mass is 590 g/mol. The molecule has 11 nitrogen and oxygen atoms in total. The molecule has 1 saturated carbocycles. The van der Waals surface area contributed by atoms with E-state index in [4.69, 9.17) is 11.5 Å². The summed E-state index contributed by atoms with van der Waals surface area (Å²) in [6, 6.07) is 4.67. The van der Waals surface area contributed by atoms with Crippen molar-refractivity contribution in [3.63, 3.8) is 0 Å². The van der Waals surface area contributed by atoms with E-state index in [1.54, 1.807) is 18.7 Å². The third-order valence-electron chi connectivity index (χ3n) is 8.26. The molecule has 2 aromatic rings. The van der Waals surface area contributed by atoms with Gasteiger partial charge in [0.1, 0.15) is 5.82 Å². The molecule has 2 bridgehead atoms. The van der Waals surface area contributed by atoms with Gasteiger partial charge in [-0.1, -0.05) is 6.07 Å². The fraction of sp³-hybridized carbons (Fsp3) is 0.571. The Morgan fingerprint density at radius 1 is 1.10 bits per heavy atom. The molecule has 4 aliphatic rings. The van der Waals surface area contributed by atoms with Crippen molar-refractivity contribution >= 4 is 17.8 Å². The zero-order valence-corrected chi connectivity index (χ0v) is 23.8. The lowest BCUT2D eigenvalue weighted by Crippen LogP contribution is -2.66. The number of fused-ring (bicyclic) bond motifs is 2. The highest BCUT2D eigenvalue weighted by molar-refractivity contribution is 5.89. The second kappa shape index (κ2) is 11.0. The molecular formula is C28H37F3N8O3. The lowest BCUT2D eigenvalue weighted by molar-refractivity contribution is -0.138. The number of piperidine rings is 2. The Labute approximate surface area is 241 Å². The second-order valence-corrected chi connectivity index (χ2v) is 12.4. The van der Waals surface area contributed by atoms with Crippen LogP contribution in [0.2, 0.25) is 0 Å². The van der Waals surface area contributed by atoms with Gasteiger partial charge in [0, 0.05) is 57.5 Å². The Morgan fingerprint density at radius 3 is 2.36 bits per heavy atom. The number of alkyl halides is 3. The maximum absolute atomic E-state index is 14.0. The number of carbonyl (C=O) groups is 2. The van der Waals surface area contributed by atoms with Gasteiger partial charge >= 0.3 is 17.9 Å². The molecule has 6 rings (SSSR count). The molecule has 1 aromatic heterocycles. The third-order valence-corrected chi connectivity index (χ3v) is 8.26. The number of benzene rings is 1. The highest BCUT2D eigenvalue weighted by atomic mass is 19.4. The molecule has 3 aliphatic heterocycles. The quantitative estimate of drug-likeness (QED) is 0.464. The average molecular weight is 591 g/mol. The fourth-order valence-corrected chi connectivity index (χ4v) is 6.25. The molecule has 42 heavy (non-hydrogen) atoms. The van der Waals surface area contributed by atoms with E-state index in [-0.39, 0.29) is 48.0 Å². The van der Waals surface area contributed by atoms with Crippen molar-refractivity contribution in [3.05, 3.63) is 52.1 Å². The van der Waals surface area contributed by atoms with Gasteiger partial charge in [-0.05, 0) is 62.8 Å². The van der Waals surface area contributed by atoms with Crippen LogP contribution in [0.4, 0.5) is 23.8 Å². The molecule has 4 fully saturated rings. The highest BCUT2D eigenvalue weighted by Crippen LogP contribution is 2.41. The maximum Gasteiger partial charge on any atom is 0.416 e. The number of carbonyl (C=O) groups excluding carboxylic acids is 2. The van der Waals surface area contributed by atoms with E-state index in [9.17, 15) is 27.6 Å². The number of anilines is 1. The van der Waals surface area contributed by atoms with Crippen LogP contribution in [0.3, 0.4) is 0 Å². The summed E-state index contributed by atoms with van der Waals surface area (Å²) in [7, 11) is 0. The highest BCUT2D eigenvalue weighted by Gasteiger charge is 2.47. The predicted octanol–water partition coefficient (Wildman–Crippen LogP) is 1.63. The maximum atomic E-state index is 14.0. The first-order valence-corrected chi connectivity index (χ1v) is 14.1. The Hall–Kier alpha value is -3.49. The minimum absolute atomic E-state index is 0.0187. The molecule has 3 saturated heterocycles. The number of urea groups is 1. The van der Waals surface area contributed by atoms with Crippen molar-refractivity contribution in [2.24, 2.45) is 17.4 Å². The molecule has 3 amide bonds. The topological polar surface area (TPSA) is 143 Å². The number of piperazine rings is 1. The van der Waals surface area contributed by atoms with Crippen LogP contribution in [-0.4, -0.2) is 93.1 Å². The number of halogens is 3. The van der Waals surface area contributed by atoms with E-state index in [1.165, 1.54) is 29.3 Å². The van der Waals surface area contributed by atoms with Crippen molar-refractivity contribution in [2.45, 2.75) is 50.4 Å². The van der Waals surface area contributed by atoms with Crippen molar-refractivity contribution in [3.8, 4) is 5.69 Å². The van der Waals surface area contributed by atoms with Gasteiger partial charge < -0.3 is 26.2 Å². The molecule has 0 spiro atoms. The SMILES string of the molecule is CC(C)(N)C(=O)N1CCN(C(=O)Nc2ccn(-c3ccc(CCN4CC5CC(N)(C5)C4)c(C(F)(F)F)c3)c(=O)n2)CC1. The Bertz CT molecular complexity index is 1410. The molecule has 0 unspecified atom stereocenters. The molecule has 0 atom stereocenters. The van der Waals surface area contributed by atoms with Gasteiger partial charge in [0.25, 0.3) is 0 Å². The largest absolute Gasteiger partial charge is 0.416 e. The minimum Gasteiger partial charge on any atom is -0.338 e. The first-order chi connectivity index (χ1) is 19.6. The zero-order chi connectivity index (χ0) is 30.4. The number of nitrogens with zero attached hydrogens (tertiary/aromatic N) is 5. The fourth-order valence-electron chi connectivity index (χ4n) is 6.25. The summed E-state index contributed by atoms with van der Waals surface area (Å²) in [6.45, 7) is 6.41. The van der Waals surface area contributed by atoms with Crippen molar-refractivity contribution < 1.29 is 22.8 Å². The van der Waals surface area contributed by atoms with Crippen molar-refractivity contribution in [1.29, 1.82) is 0 Å². The van der Waals surface area contributed by atoms with Gasteiger partial charge in [0.2, 0.25) is 5.91 Å². The van der Waals surface area contributed by atoms with Gasteiger partial charge in [-0.3, -0.25) is 14.7 Å². The van der Waals surface area contributed by atoms with Gasteiger partial charge in [0.15, 0.2) is 0 Å². The van der Waals surface area contributed by atoms with Crippen LogP contribution in [0.5, 0.6) is 0 Å². The molecule has 5 N–H and O–H groups in total. The number of hydrogen-bond donors (Lipinski definition) is 3. The normalized spacial score (nSPS) is 23.0.